The summed E-state index contributed by atoms with van der Waals surface area (Å²) in [4.78, 5) is 4.31. The number of nitrogens with one attached hydrogen (secondary N) is 1. The molecule has 1 rings (SSSR count). The second-order valence-corrected chi connectivity index (χ2v) is 3.21. The molecule has 2 nitrogen and oxygen atoms in total. The fraction of sp³-hybridized carbons (Fsp3) is 0.444. The quantitative estimate of drug-likeness (QED) is 0.725. The first-order valence-corrected chi connectivity index (χ1v) is 5.33. The van der Waals surface area contributed by atoms with E-state index < -0.39 is 0 Å². The van der Waals surface area contributed by atoms with Gasteiger partial charge >= 0.3 is 0 Å². The molecular weight excluding hydrogens is 168 g/mol. The van der Waals surface area contributed by atoms with Crippen molar-refractivity contribution in [1.82, 2.24) is 4.98 Å². The van der Waals surface area contributed by atoms with E-state index in [1.54, 1.807) is 11.9 Å². The largest absolute Gasteiger partial charge is 0.329 e. The van der Waals surface area contributed by atoms with Gasteiger partial charge in [-0.1, -0.05) is 25.3 Å². The number of hydrogen-bond acceptors (Lipinski definition) is 3. The van der Waals surface area contributed by atoms with Crippen molar-refractivity contribution in [1.29, 1.82) is 0 Å². The van der Waals surface area contributed by atoms with Crippen LogP contribution in [-0.2, 0) is 6.42 Å². The molecule has 0 atom stereocenters. The molecule has 0 unspecified atom stereocenters. The first-order chi connectivity index (χ1) is 5.86. The van der Waals surface area contributed by atoms with Gasteiger partial charge in [0.1, 0.15) is 0 Å². The maximum absolute atomic E-state index is 4.31. The monoisotopic (exact) mass is 182 g/mol. The summed E-state index contributed by atoms with van der Waals surface area (Å²) < 4.78 is 3.13. The number of rotatable bonds is 4. The molecule has 0 spiro atoms. The van der Waals surface area contributed by atoms with Crippen LogP contribution in [-0.4, -0.2) is 11.2 Å². The summed E-state index contributed by atoms with van der Waals surface area (Å²) in [6, 6.07) is 4.14. The minimum atomic E-state index is 1.07. The van der Waals surface area contributed by atoms with Gasteiger partial charge in [-0.05, 0) is 18.6 Å². The minimum Gasteiger partial charge on any atom is -0.329 e. The zero-order chi connectivity index (χ0) is 8.81. The van der Waals surface area contributed by atoms with Crippen LogP contribution in [0.25, 0.3) is 0 Å². The Labute approximate surface area is 77.9 Å². The summed E-state index contributed by atoms with van der Waals surface area (Å²) in [7, 11) is 0. The van der Waals surface area contributed by atoms with E-state index in [1.165, 1.54) is 5.69 Å². The van der Waals surface area contributed by atoms with Crippen molar-refractivity contribution in [2.24, 2.45) is 0 Å². The first kappa shape index (κ1) is 9.39. The second kappa shape index (κ2) is 5.04. The van der Waals surface area contributed by atoms with Crippen LogP contribution >= 0.6 is 11.9 Å². The average Bonchev–Trinajstić information content (AvgIpc) is 2.09. The third-order valence-corrected chi connectivity index (χ3v) is 1.99. The van der Waals surface area contributed by atoms with Crippen LogP contribution in [0.4, 0.5) is 5.69 Å². The van der Waals surface area contributed by atoms with E-state index in [0.29, 0.717) is 0 Å². The Bertz CT molecular complexity index is 195. The van der Waals surface area contributed by atoms with Gasteiger partial charge < -0.3 is 4.72 Å². The van der Waals surface area contributed by atoms with E-state index in [2.05, 4.69) is 28.8 Å². The molecule has 0 amide bonds. The van der Waals surface area contributed by atoms with Crippen molar-refractivity contribution in [3.8, 4) is 0 Å². The highest BCUT2D eigenvalue weighted by molar-refractivity contribution is 7.99. The van der Waals surface area contributed by atoms with E-state index in [-0.39, 0.29) is 0 Å². The summed E-state index contributed by atoms with van der Waals surface area (Å²) >= 11 is 1.58. The van der Waals surface area contributed by atoms with Gasteiger partial charge in [0.15, 0.2) is 0 Å². The standard InChI is InChI=1S/C9H14N2S/c1-3-4-8-5-6-9(7-10-8)11-12-2/h5-7,11H,3-4H2,1-2H3. The predicted octanol–water partition coefficient (Wildman–Crippen LogP) is 2.72. The lowest BCUT2D eigenvalue weighted by Crippen LogP contribution is -1.90. The van der Waals surface area contributed by atoms with Gasteiger partial charge in [0.25, 0.3) is 0 Å². The molecule has 0 bridgehead atoms. The molecule has 1 heterocycles. The van der Waals surface area contributed by atoms with Crippen molar-refractivity contribution in [3.63, 3.8) is 0 Å². The number of hydrogen-bond donors (Lipinski definition) is 1. The number of aromatic nitrogens is 1. The second-order valence-electron chi connectivity index (χ2n) is 2.59. The smallest absolute Gasteiger partial charge is 0.0625 e. The Morgan fingerprint density at radius 3 is 2.83 bits per heavy atom. The van der Waals surface area contributed by atoms with E-state index in [4.69, 9.17) is 0 Å². The molecule has 0 aliphatic rings. The molecule has 66 valence electrons. The maximum atomic E-state index is 4.31. The molecular formula is C9H14N2S. The SMILES string of the molecule is CCCc1ccc(NSC)cn1. The highest BCUT2D eigenvalue weighted by Crippen LogP contribution is 2.10. The highest BCUT2D eigenvalue weighted by atomic mass is 32.2. The van der Waals surface area contributed by atoms with Crippen molar-refractivity contribution in [2.45, 2.75) is 19.8 Å². The molecule has 0 aliphatic heterocycles. The normalized spacial score (nSPS) is 9.83. The molecule has 3 heteroatoms. The lowest BCUT2D eigenvalue weighted by Gasteiger charge is -2.02. The first-order valence-electron chi connectivity index (χ1n) is 4.10. The van der Waals surface area contributed by atoms with Crippen LogP contribution in [0.3, 0.4) is 0 Å². The van der Waals surface area contributed by atoms with Crippen LogP contribution in [0.15, 0.2) is 18.3 Å². The van der Waals surface area contributed by atoms with Gasteiger partial charge in [-0.25, -0.2) is 0 Å². The van der Waals surface area contributed by atoms with Gasteiger partial charge in [0, 0.05) is 11.9 Å². The number of pyridine rings is 1. The van der Waals surface area contributed by atoms with Gasteiger partial charge in [0.05, 0.1) is 11.9 Å². The van der Waals surface area contributed by atoms with Gasteiger partial charge in [-0.3, -0.25) is 4.98 Å². The molecule has 1 aromatic heterocycles. The fourth-order valence-corrected chi connectivity index (χ4v) is 1.36. The summed E-state index contributed by atoms with van der Waals surface area (Å²) in [5, 5.41) is 0. The van der Waals surface area contributed by atoms with Gasteiger partial charge in [-0.2, -0.15) is 0 Å². The minimum absolute atomic E-state index is 1.07. The number of nitrogens with zero attached hydrogens (tertiary/aromatic N) is 1. The maximum Gasteiger partial charge on any atom is 0.0625 e. The lowest BCUT2D eigenvalue weighted by molar-refractivity contribution is 0.883. The number of anilines is 1. The zero-order valence-corrected chi connectivity index (χ0v) is 8.32. The Hall–Kier alpha value is -0.700. The van der Waals surface area contributed by atoms with Crippen LogP contribution in [0.2, 0.25) is 0 Å². The Morgan fingerprint density at radius 2 is 2.33 bits per heavy atom. The van der Waals surface area contributed by atoms with Crippen molar-refractivity contribution >= 4 is 17.6 Å². The molecule has 1 aromatic rings. The van der Waals surface area contributed by atoms with Crippen molar-refractivity contribution in [2.75, 3.05) is 11.0 Å². The van der Waals surface area contributed by atoms with E-state index in [0.717, 1.165) is 18.5 Å². The molecule has 0 aliphatic carbocycles. The Morgan fingerprint density at radius 1 is 1.50 bits per heavy atom. The molecule has 0 aromatic carbocycles. The Kier molecular flexibility index (Phi) is 3.94. The van der Waals surface area contributed by atoms with Crippen LogP contribution in [0, 0.1) is 0 Å². The summed E-state index contributed by atoms with van der Waals surface area (Å²) in [5.74, 6) is 0. The topological polar surface area (TPSA) is 24.9 Å². The highest BCUT2D eigenvalue weighted by Gasteiger charge is 1.93. The zero-order valence-electron chi connectivity index (χ0n) is 7.50. The van der Waals surface area contributed by atoms with Gasteiger partial charge in [-0.15, -0.1) is 0 Å². The van der Waals surface area contributed by atoms with Crippen LogP contribution in [0.1, 0.15) is 19.0 Å². The fourth-order valence-electron chi connectivity index (χ4n) is 1.01. The third-order valence-electron chi connectivity index (χ3n) is 1.55. The molecule has 0 fully saturated rings. The summed E-state index contributed by atoms with van der Waals surface area (Å²) in [5.41, 5.74) is 2.24. The lowest BCUT2D eigenvalue weighted by atomic mass is 10.2. The van der Waals surface area contributed by atoms with Crippen LogP contribution < -0.4 is 4.72 Å². The summed E-state index contributed by atoms with van der Waals surface area (Å²) in [6.07, 6.45) is 6.10. The number of aryl methyl sites for hydroxylation is 1. The van der Waals surface area contributed by atoms with Crippen molar-refractivity contribution < 1.29 is 0 Å². The van der Waals surface area contributed by atoms with E-state index in [9.17, 15) is 0 Å². The van der Waals surface area contributed by atoms with Gasteiger partial charge in [0.2, 0.25) is 0 Å². The molecule has 0 saturated heterocycles. The average molecular weight is 182 g/mol. The third kappa shape index (κ3) is 2.74. The molecule has 12 heavy (non-hydrogen) atoms. The van der Waals surface area contributed by atoms with E-state index >= 15 is 0 Å². The predicted molar refractivity (Wildman–Crippen MR) is 55.4 cm³/mol. The molecule has 0 saturated carbocycles. The molecule has 0 radical (unpaired) electrons. The van der Waals surface area contributed by atoms with E-state index in [1.807, 2.05) is 12.5 Å². The van der Waals surface area contributed by atoms with Crippen LogP contribution in [0.5, 0.6) is 0 Å². The molecule has 1 N–H and O–H groups in total. The Balaban J connectivity index is 2.58. The summed E-state index contributed by atoms with van der Waals surface area (Å²) in [6.45, 7) is 2.16. The van der Waals surface area contributed by atoms with Crippen molar-refractivity contribution in [3.05, 3.63) is 24.0 Å².